The molecule has 1 aliphatic rings. The minimum Gasteiger partial charge on any atom is -0.352 e. The Labute approximate surface area is 416 Å². The number of nitrogens with two attached hydrogens (primary N) is 1. The van der Waals surface area contributed by atoms with Crippen LogP contribution in [0.5, 0.6) is 0 Å². The van der Waals surface area contributed by atoms with E-state index in [1.165, 1.54) is 0 Å². The molecule has 0 aromatic heterocycles. The van der Waals surface area contributed by atoms with E-state index < -0.39 is 65.7 Å². The molecule has 20 nitrogen and oxygen atoms in total. The summed E-state index contributed by atoms with van der Waals surface area (Å²) in [5, 5.41) is 15.8. The number of likely N-dealkylation sites (N-methyl/N-ethyl adjacent to an activating group) is 1. The number of urea groups is 1. The Bertz CT molecular complexity index is 2140. The molecular weight excluding hydrogens is 921 g/mol. The average molecular weight is 993 g/mol. The zero-order valence-corrected chi connectivity index (χ0v) is 42.2. The van der Waals surface area contributed by atoms with E-state index in [9.17, 15) is 43.2 Å². The maximum Gasteiger partial charge on any atom is 0.312 e. The largest absolute Gasteiger partial charge is 0.352 e. The van der Waals surface area contributed by atoms with E-state index in [2.05, 4.69) is 50.0 Å². The van der Waals surface area contributed by atoms with Crippen molar-refractivity contribution < 1.29 is 48.0 Å². The molecule has 0 radical (unpaired) electrons. The van der Waals surface area contributed by atoms with Crippen molar-refractivity contribution in [2.24, 2.45) is 17.6 Å². The second-order valence-corrected chi connectivity index (χ2v) is 18.9. The smallest absolute Gasteiger partial charge is 0.312 e. The van der Waals surface area contributed by atoms with Gasteiger partial charge in [-0.25, -0.2) is 10.3 Å². The third-order valence-corrected chi connectivity index (χ3v) is 12.3. The third-order valence-electron chi connectivity index (χ3n) is 11.9. The van der Waals surface area contributed by atoms with Crippen LogP contribution in [-0.2, 0) is 55.2 Å². The number of nitrogens with zero attached hydrogens (tertiary/aromatic N) is 2. The molecule has 0 saturated carbocycles. The number of piperidine rings is 1. The van der Waals surface area contributed by atoms with Crippen LogP contribution in [0.25, 0.3) is 0 Å². The van der Waals surface area contributed by atoms with E-state index >= 15 is 0 Å². The van der Waals surface area contributed by atoms with Crippen LogP contribution in [0.4, 0.5) is 10.5 Å². The number of hydrogen-bond acceptors (Lipinski definition) is 11. The molecule has 2 aromatic rings. The topological polar surface area (TPSA) is 280 Å². The molecule has 3 rings (SSSR count). The molecule has 70 heavy (non-hydrogen) atoms. The predicted molar refractivity (Wildman–Crippen MR) is 267 cm³/mol. The van der Waals surface area contributed by atoms with Crippen LogP contribution >= 0.6 is 12.6 Å². The third kappa shape index (κ3) is 20.0. The molecule has 1 fully saturated rings. The van der Waals surface area contributed by atoms with Crippen LogP contribution in [0.15, 0.2) is 66.2 Å². The van der Waals surface area contributed by atoms with Gasteiger partial charge in [0.2, 0.25) is 35.4 Å². The monoisotopic (exact) mass is 993 g/mol. The summed E-state index contributed by atoms with van der Waals surface area (Å²) in [5.74, 6) is -3.23. The van der Waals surface area contributed by atoms with Gasteiger partial charge in [0.05, 0.1) is 31.8 Å². The van der Waals surface area contributed by atoms with Gasteiger partial charge in [0.1, 0.15) is 6.04 Å². The first-order valence-corrected chi connectivity index (χ1v) is 23.9. The minimum absolute atomic E-state index is 0.00899. The number of primary amides is 1. The fraction of sp³-hybridized carbons (Fsp3) is 0.531. The summed E-state index contributed by atoms with van der Waals surface area (Å²) in [6.45, 7) is 9.71. The number of thiol groups is 1. The fourth-order valence-electron chi connectivity index (χ4n) is 7.89. The van der Waals surface area contributed by atoms with Crippen molar-refractivity contribution in [2.45, 2.75) is 110 Å². The SMILES string of the molecule is C/C(=C\C(NC(=O)CNC(=O)C(N(C)C)C(C)(C)c1ccccc1)C(C)C)C(=O)NOCc1ccc(NC(=O)C(CCCNC(N)=O)NC(=O)CNC(=O)CCCC(=O)N2CCC(C(=O)S)CC2)cc1. The van der Waals surface area contributed by atoms with E-state index in [0.29, 0.717) is 43.6 Å². The Kier molecular flexibility index (Phi) is 24.0. The van der Waals surface area contributed by atoms with Gasteiger partial charge in [-0.3, -0.25) is 48.1 Å². The van der Waals surface area contributed by atoms with Crippen LogP contribution in [0.1, 0.15) is 90.7 Å². The lowest BCUT2D eigenvalue weighted by Crippen LogP contribution is -2.55. The van der Waals surface area contributed by atoms with Crippen molar-refractivity contribution in [3.05, 3.63) is 77.4 Å². The molecular formula is C49H72N10O10S. The zero-order valence-electron chi connectivity index (χ0n) is 41.4. The Morgan fingerprint density at radius 2 is 1.46 bits per heavy atom. The fourth-order valence-corrected chi connectivity index (χ4v) is 8.15. The second kappa shape index (κ2) is 29.0. The molecule has 3 unspecified atom stereocenters. The summed E-state index contributed by atoms with van der Waals surface area (Å²) in [7, 11) is 3.64. The lowest BCUT2D eigenvalue weighted by atomic mass is 9.76. The first kappa shape index (κ1) is 58.0. The Hall–Kier alpha value is -6.32. The molecule has 384 valence electrons. The molecule has 0 spiro atoms. The van der Waals surface area contributed by atoms with Gasteiger partial charge in [0, 0.05) is 55.1 Å². The molecule has 9 N–H and O–H groups in total. The van der Waals surface area contributed by atoms with Gasteiger partial charge < -0.3 is 42.5 Å². The summed E-state index contributed by atoms with van der Waals surface area (Å²) < 4.78 is 0. The second-order valence-electron chi connectivity index (χ2n) is 18.4. The molecule has 2 aromatic carbocycles. The number of anilines is 1. The van der Waals surface area contributed by atoms with Gasteiger partial charge in [-0.15, -0.1) is 12.6 Å². The number of nitrogens with one attached hydrogen (secondary N) is 7. The van der Waals surface area contributed by atoms with Gasteiger partial charge >= 0.3 is 6.03 Å². The number of hydroxylamine groups is 1. The van der Waals surface area contributed by atoms with Crippen molar-refractivity contribution in [1.82, 2.24) is 41.9 Å². The van der Waals surface area contributed by atoms with Crippen LogP contribution in [0.3, 0.4) is 0 Å². The highest BCUT2D eigenvalue weighted by atomic mass is 32.1. The first-order valence-electron chi connectivity index (χ1n) is 23.5. The van der Waals surface area contributed by atoms with Crippen molar-refractivity contribution >= 4 is 70.8 Å². The number of carbonyl (C=O) groups excluding carboxylic acids is 9. The summed E-state index contributed by atoms with van der Waals surface area (Å²) in [6, 6.07) is 13.4. The van der Waals surface area contributed by atoms with Gasteiger partial charge in [0.15, 0.2) is 5.12 Å². The van der Waals surface area contributed by atoms with E-state index in [-0.39, 0.29) is 79.7 Å². The number of amides is 9. The van der Waals surface area contributed by atoms with Crippen molar-refractivity contribution in [2.75, 3.05) is 52.1 Å². The van der Waals surface area contributed by atoms with Crippen molar-refractivity contribution in [1.29, 1.82) is 0 Å². The van der Waals surface area contributed by atoms with Gasteiger partial charge in [0.25, 0.3) is 5.91 Å². The van der Waals surface area contributed by atoms with E-state index in [1.54, 1.807) is 42.2 Å². The summed E-state index contributed by atoms with van der Waals surface area (Å²) >= 11 is 3.88. The van der Waals surface area contributed by atoms with Crippen molar-refractivity contribution in [3.8, 4) is 0 Å². The number of rotatable bonds is 27. The van der Waals surface area contributed by atoms with E-state index in [0.717, 1.165) is 5.56 Å². The minimum atomic E-state index is -1.05. The Morgan fingerprint density at radius 1 is 0.829 bits per heavy atom. The van der Waals surface area contributed by atoms with Crippen LogP contribution in [0.2, 0.25) is 0 Å². The quantitative estimate of drug-likeness (QED) is 0.0271. The highest BCUT2D eigenvalue weighted by Crippen LogP contribution is 2.30. The first-order chi connectivity index (χ1) is 33.1. The lowest BCUT2D eigenvalue weighted by Gasteiger charge is -2.38. The zero-order chi connectivity index (χ0) is 52.0. The predicted octanol–water partition coefficient (Wildman–Crippen LogP) is 2.20. The molecule has 1 heterocycles. The summed E-state index contributed by atoms with van der Waals surface area (Å²) in [6.07, 6.45) is 3.57. The molecule has 0 bridgehead atoms. The van der Waals surface area contributed by atoms with Gasteiger partial charge in [-0.2, -0.15) is 0 Å². The Morgan fingerprint density at radius 3 is 2.06 bits per heavy atom. The lowest BCUT2D eigenvalue weighted by molar-refractivity contribution is -0.134. The van der Waals surface area contributed by atoms with E-state index in [4.69, 9.17) is 10.6 Å². The van der Waals surface area contributed by atoms with Crippen LogP contribution in [-0.4, -0.2) is 127 Å². The summed E-state index contributed by atoms with van der Waals surface area (Å²) in [5.41, 5.74) is 9.31. The van der Waals surface area contributed by atoms with Crippen LogP contribution < -0.4 is 43.1 Å². The molecule has 3 atom stereocenters. The Balaban J connectivity index is 1.46. The molecule has 21 heteroatoms. The highest BCUT2D eigenvalue weighted by Gasteiger charge is 2.38. The molecule has 1 saturated heterocycles. The number of hydrogen-bond donors (Lipinski definition) is 9. The normalized spacial score (nSPS) is 14.4. The van der Waals surface area contributed by atoms with Crippen LogP contribution in [0, 0.1) is 11.8 Å². The maximum atomic E-state index is 13.4. The molecule has 9 amide bonds. The van der Waals surface area contributed by atoms with Crippen molar-refractivity contribution in [3.63, 3.8) is 0 Å². The van der Waals surface area contributed by atoms with E-state index in [1.807, 2.05) is 77.0 Å². The summed E-state index contributed by atoms with van der Waals surface area (Å²) in [4.78, 5) is 122. The average Bonchev–Trinajstić information content (AvgIpc) is 3.31. The number of benzene rings is 2. The maximum absolute atomic E-state index is 13.4. The highest BCUT2D eigenvalue weighted by molar-refractivity contribution is 7.96. The number of carbonyl (C=O) groups is 9. The van der Waals surface area contributed by atoms with Gasteiger partial charge in [-0.05, 0) is 82.3 Å². The number of likely N-dealkylation sites (tertiary alicyclic amines) is 1. The standard InChI is InChI=1S/C49H72N10O10S/c1-31(2)38(56-41(62)29-53-46(66)43(58(6)7)49(4,5)35-13-9-8-10-14-35)27-32(3)44(64)57-69-30-33-18-20-36(21-19-33)54-45(65)37(15-12-24-51-48(50)68)55-40(61)28-52-39(60)16-11-17-42(63)59-25-22-34(23-26-59)47(67)70/h8-10,13-14,18-21,27,31,34,37-38,43H,11-12,15-17,22-26,28-30H2,1-7H3,(H,52,60)(H,53,66)(H,54,65)(H,55,61)(H,56,62)(H,57,64)(H,67,70)(H3,50,51,68)/b32-27+. The van der Waals surface area contributed by atoms with Gasteiger partial charge in [-0.1, -0.05) is 76.2 Å². The molecule has 0 aliphatic carbocycles. The molecule has 1 aliphatic heterocycles.